The highest BCUT2D eigenvalue weighted by Gasteiger charge is 2.36. The summed E-state index contributed by atoms with van der Waals surface area (Å²) in [5.74, 6) is 0. The Hall–Kier alpha value is -1.09. The average Bonchev–Trinajstić information content (AvgIpc) is 2.64. The molecule has 1 aliphatic carbocycles. The van der Waals surface area contributed by atoms with Gasteiger partial charge >= 0.3 is 0 Å². The minimum absolute atomic E-state index is 0.0283. The third-order valence-corrected chi connectivity index (χ3v) is 5.66. The minimum Gasteiger partial charge on any atom is -0.207 e. The molecule has 0 unspecified atom stereocenters. The van der Waals surface area contributed by atoms with Crippen LogP contribution in [0.1, 0.15) is 38.5 Å². The number of nitrogens with zero attached hydrogens (tertiary/aromatic N) is 1. The fourth-order valence-corrected chi connectivity index (χ4v) is 4.44. The molecule has 2 rings (SSSR count). The fourth-order valence-electron chi connectivity index (χ4n) is 2.54. The average molecular weight is 313 g/mol. The van der Waals surface area contributed by atoms with E-state index in [4.69, 9.17) is 11.6 Å². The number of benzene rings is 1. The largest absolute Gasteiger partial charge is 0.243 e. The number of hydrogen-bond donors (Lipinski definition) is 1. The van der Waals surface area contributed by atoms with Crippen LogP contribution in [0.2, 0.25) is 5.02 Å². The maximum atomic E-state index is 12.5. The molecule has 0 saturated heterocycles. The standard InChI is InChI=1S/C14H17ClN2O2S/c15-12-7-3-4-8-13(12)20(18,19)17-14(11-16)9-5-1-2-6-10-14/h3-4,7-8,17H,1-2,5-6,9-10H2. The third kappa shape index (κ3) is 3.32. The Morgan fingerprint density at radius 2 is 1.75 bits per heavy atom. The summed E-state index contributed by atoms with van der Waals surface area (Å²) in [6.07, 6.45) is 4.89. The smallest absolute Gasteiger partial charge is 0.207 e. The molecule has 0 amide bonds. The van der Waals surface area contributed by atoms with Crippen molar-refractivity contribution < 1.29 is 8.42 Å². The van der Waals surface area contributed by atoms with Crippen LogP contribution < -0.4 is 4.72 Å². The van der Waals surface area contributed by atoms with Gasteiger partial charge in [0.1, 0.15) is 10.4 Å². The molecule has 1 aliphatic rings. The van der Waals surface area contributed by atoms with Crippen molar-refractivity contribution in [1.29, 1.82) is 5.26 Å². The van der Waals surface area contributed by atoms with Crippen LogP contribution in [-0.4, -0.2) is 14.0 Å². The molecule has 0 bridgehead atoms. The van der Waals surface area contributed by atoms with E-state index in [1.807, 2.05) is 0 Å². The van der Waals surface area contributed by atoms with Crippen molar-refractivity contribution in [3.05, 3.63) is 29.3 Å². The first kappa shape index (κ1) is 15.3. The van der Waals surface area contributed by atoms with Gasteiger partial charge in [-0.25, -0.2) is 8.42 Å². The second-order valence-electron chi connectivity index (χ2n) is 5.14. The Morgan fingerprint density at radius 1 is 1.15 bits per heavy atom. The molecule has 1 N–H and O–H groups in total. The molecule has 4 nitrogen and oxygen atoms in total. The van der Waals surface area contributed by atoms with Gasteiger partial charge in [0.05, 0.1) is 11.1 Å². The lowest BCUT2D eigenvalue weighted by atomic mass is 9.94. The first-order valence-corrected chi connectivity index (χ1v) is 8.55. The fraction of sp³-hybridized carbons (Fsp3) is 0.500. The summed E-state index contributed by atoms with van der Waals surface area (Å²) >= 11 is 5.95. The van der Waals surface area contributed by atoms with E-state index in [1.54, 1.807) is 12.1 Å². The number of nitriles is 1. The number of sulfonamides is 1. The van der Waals surface area contributed by atoms with E-state index >= 15 is 0 Å². The van der Waals surface area contributed by atoms with Crippen LogP contribution in [0.15, 0.2) is 29.2 Å². The lowest BCUT2D eigenvalue weighted by molar-refractivity contribution is 0.422. The van der Waals surface area contributed by atoms with Crippen molar-refractivity contribution in [3.63, 3.8) is 0 Å². The Labute approximate surface area is 124 Å². The molecule has 0 radical (unpaired) electrons. The molecule has 0 aromatic heterocycles. The second kappa shape index (κ2) is 6.13. The molecule has 0 spiro atoms. The predicted octanol–water partition coefficient (Wildman–Crippen LogP) is 3.23. The van der Waals surface area contributed by atoms with Gasteiger partial charge in [0.2, 0.25) is 10.0 Å². The van der Waals surface area contributed by atoms with Crippen LogP contribution in [0, 0.1) is 11.3 Å². The molecule has 6 heteroatoms. The van der Waals surface area contributed by atoms with E-state index in [0.717, 1.165) is 25.7 Å². The van der Waals surface area contributed by atoms with Gasteiger partial charge in [-0.1, -0.05) is 49.4 Å². The van der Waals surface area contributed by atoms with Crippen LogP contribution in [0.3, 0.4) is 0 Å². The van der Waals surface area contributed by atoms with Crippen LogP contribution in [-0.2, 0) is 10.0 Å². The van der Waals surface area contributed by atoms with Crippen LogP contribution in [0.25, 0.3) is 0 Å². The first-order chi connectivity index (χ1) is 9.49. The molecule has 1 saturated carbocycles. The zero-order chi connectivity index (χ0) is 14.6. The normalized spacial score (nSPS) is 19.0. The highest BCUT2D eigenvalue weighted by molar-refractivity contribution is 7.89. The Kier molecular flexibility index (Phi) is 4.69. The van der Waals surface area contributed by atoms with Gasteiger partial charge < -0.3 is 0 Å². The van der Waals surface area contributed by atoms with E-state index in [1.165, 1.54) is 12.1 Å². The summed E-state index contributed by atoms with van der Waals surface area (Å²) in [7, 11) is -3.78. The molecule has 0 heterocycles. The second-order valence-corrected chi connectivity index (χ2v) is 7.20. The quantitative estimate of drug-likeness (QED) is 0.871. The van der Waals surface area contributed by atoms with Crippen molar-refractivity contribution >= 4 is 21.6 Å². The Bertz CT molecular complexity index is 614. The zero-order valence-electron chi connectivity index (χ0n) is 11.1. The molecule has 1 aromatic carbocycles. The monoisotopic (exact) mass is 312 g/mol. The summed E-state index contributed by atoms with van der Waals surface area (Å²) in [5.41, 5.74) is -1.01. The minimum atomic E-state index is -3.78. The zero-order valence-corrected chi connectivity index (χ0v) is 12.7. The summed E-state index contributed by atoms with van der Waals surface area (Å²) < 4.78 is 27.5. The first-order valence-electron chi connectivity index (χ1n) is 6.69. The van der Waals surface area contributed by atoms with Gasteiger partial charge in [-0.15, -0.1) is 0 Å². The highest BCUT2D eigenvalue weighted by atomic mass is 35.5. The molecule has 20 heavy (non-hydrogen) atoms. The number of rotatable bonds is 3. The molecular weight excluding hydrogens is 296 g/mol. The maximum absolute atomic E-state index is 12.5. The topological polar surface area (TPSA) is 70.0 Å². The Morgan fingerprint density at radius 3 is 2.30 bits per heavy atom. The van der Waals surface area contributed by atoms with Crippen LogP contribution >= 0.6 is 11.6 Å². The van der Waals surface area contributed by atoms with E-state index in [2.05, 4.69) is 10.8 Å². The lowest BCUT2D eigenvalue weighted by Gasteiger charge is -2.26. The lowest BCUT2D eigenvalue weighted by Crippen LogP contribution is -2.46. The molecule has 0 aliphatic heterocycles. The molecule has 0 atom stereocenters. The van der Waals surface area contributed by atoms with Crippen molar-refractivity contribution in [3.8, 4) is 6.07 Å². The predicted molar refractivity (Wildman–Crippen MR) is 77.8 cm³/mol. The number of nitrogens with one attached hydrogen (secondary N) is 1. The molecule has 108 valence electrons. The highest BCUT2D eigenvalue weighted by Crippen LogP contribution is 2.29. The van der Waals surface area contributed by atoms with E-state index in [-0.39, 0.29) is 9.92 Å². The summed E-state index contributed by atoms with van der Waals surface area (Å²) in [6, 6.07) is 8.44. The van der Waals surface area contributed by atoms with Gasteiger partial charge in [0.15, 0.2) is 0 Å². The van der Waals surface area contributed by atoms with E-state index in [0.29, 0.717) is 12.8 Å². The number of halogens is 1. The summed E-state index contributed by atoms with van der Waals surface area (Å²) in [6.45, 7) is 0. The van der Waals surface area contributed by atoms with Crippen molar-refractivity contribution in [2.75, 3.05) is 0 Å². The van der Waals surface area contributed by atoms with Gasteiger partial charge in [-0.05, 0) is 25.0 Å². The molecule has 1 aromatic rings. The molecule has 1 fully saturated rings. The van der Waals surface area contributed by atoms with Gasteiger partial charge in [0.25, 0.3) is 0 Å². The van der Waals surface area contributed by atoms with Crippen LogP contribution in [0.4, 0.5) is 0 Å². The third-order valence-electron chi connectivity index (χ3n) is 3.63. The van der Waals surface area contributed by atoms with E-state index < -0.39 is 15.6 Å². The van der Waals surface area contributed by atoms with Crippen molar-refractivity contribution in [1.82, 2.24) is 4.72 Å². The van der Waals surface area contributed by atoms with Gasteiger partial charge in [-0.2, -0.15) is 9.98 Å². The SMILES string of the molecule is N#CC1(NS(=O)(=O)c2ccccc2Cl)CCCCCC1. The number of hydrogen-bond acceptors (Lipinski definition) is 3. The van der Waals surface area contributed by atoms with Crippen molar-refractivity contribution in [2.45, 2.75) is 49.0 Å². The summed E-state index contributed by atoms with van der Waals surface area (Å²) in [5, 5.41) is 9.60. The van der Waals surface area contributed by atoms with E-state index in [9.17, 15) is 13.7 Å². The van der Waals surface area contributed by atoms with Gasteiger partial charge in [0, 0.05) is 0 Å². The molecular formula is C14H17ClN2O2S. The van der Waals surface area contributed by atoms with Crippen LogP contribution in [0.5, 0.6) is 0 Å². The maximum Gasteiger partial charge on any atom is 0.243 e. The summed E-state index contributed by atoms with van der Waals surface area (Å²) in [4.78, 5) is 0.0283. The Balaban J connectivity index is 2.31. The van der Waals surface area contributed by atoms with Gasteiger partial charge in [-0.3, -0.25) is 0 Å². The van der Waals surface area contributed by atoms with Crippen molar-refractivity contribution in [2.24, 2.45) is 0 Å².